The van der Waals surface area contributed by atoms with E-state index in [9.17, 15) is 4.79 Å². The van der Waals surface area contributed by atoms with Crippen LogP contribution in [0.25, 0.3) is 0 Å². The minimum atomic E-state index is 0.451. The summed E-state index contributed by atoms with van der Waals surface area (Å²) < 4.78 is 3.91. The second-order valence-electron chi connectivity index (χ2n) is 5.11. The molecule has 5 nitrogen and oxygen atoms in total. The fraction of sp³-hybridized carbons (Fsp3) is 0.500. The van der Waals surface area contributed by atoms with Crippen LogP contribution < -0.4 is 0 Å². The summed E-state index contributed by atoms with van der Waals surface area (Å²) >= 11 is 0. The van der Waals surface area contributed by atoms with E-state index in [1.165, 1.54) is 32.1 Å². The molecule has 19 heavy (non-hydrogen) atoms. The topological polar surface area (TPSA) is 52.7 Å². The molecular formula is C14H18N4O. The Labute approximate surface area is 112 Å². The van der Waals surface area contributed by atoms with E-state index in [1.807, 2.05) is 16.8 Å². The maximum atomic E-state index is 10.8. The van der Waals surface area contributed by atoms with Gasteiger partial charge in [-0.25, -0.2) is 4.98 Å². The predicted molar refractivity (Wildman–Crippen MR) is 71.1 cm³/mol. The third kappa shape index (κ3) is 2.59. The Balaban J connectivity index is 1.72. The van der Waals surface area contributed by atoms with Crippen molar-refractivity contribution >= 4 is 6.29 Å². The van der Waals surface area contributed by atoms with Gasteiger partial charge in [0.1, 0.15) is 0 Å². The highest BCUT2D eigenvalue weighted by Gasteiger charge is 2.16. The summed E-state index contributed by atoms with van der Waals surface area (Å²) in [5, 5.41) is 4.64. The molecule has 2 heterocycles. The van der Waals surface area contributed by atoms with Crippen LogP contribution in [0.5, 0.6) is 0 Å². The van der Waals surface area contributed by atoms with Crippen LogP contribution in [0.15, 0.2) is 24.7 Å². The maximum Gasteiger partial charge on any atom is 0.185 e. The number of hydrogen-bond acceptors (Lipinski definition) is 3. The van der Waals surface area contributed by atoms with E-state index in [4.69, 9.17) is 0 Å². The maximum absolute atomic E-state index is 10.8. The Morgan fingerprint density at radius 2 is 2.11 bits per heavy atom. The molecule has 0 spiro atoms. The lowest BCUT2D eigenvalue weighted by atomic mass is 9.96. The minimum Gasteiger partial charge on any atom is -0.323 e. The third-order valence-corrected chi connectivity index (χ3v) is 3.80. The summed E-state index contributed by atoms with van der Waals surface area (Å²) in [7, 11) is 0. The molecule has 0 saturated heterocycles. The number of rotatable bonds is 4. The Bertz CT molecular complexity index is 551. The van der Waals surface area contributed by atoms with Crippen molar-refractivity contribution in [2.45, 2.75) is 44.7 Å². The van der Waals surface area contributed by atoms with Crippen molar-refractivity contribution in [1.29, 1.82) is 0 Å². The number of aldehydes is 1. The molecule has 100 valence electrons. The lowest BCUT2D eigenvalue weighted by Crippen LogP contribution is -2.14. The SMILES string of the molecule is O=Cc1nccn1Cc1ccn(C2CCCCC2)n1. The van der Waals surface area contributed by atoms with Crippen molar-refractivity contribution in [2.75, 3.05) is 0 Å². The molecule has 0 bridgehead atoms. The van der Waals surface area contributed by atoms with Crippen molar-refractivity contribution < 1.29 is 4.79 Å². The van der Waals surface area contributed by atoms with Crippen molar-refractivity contribution in [3.63, 3.8) is 0 Å². The van der Waals surface area contributed by atoms with Crippen LogP contribution in [0.2, 0.25) is 0 Å². The average Bonchev–Trinajstić information content (AvgIpc) is 3.09. The van der Waals surface area contributed by atoms with E-state index in [2.05, 4.69) is 21.0 Å². The second kappa shape index (κ2) is 5.38. The standard InChI is InChI=1S/C14H18N4O/c19-11-14-15-7-9-17(14)10-12-6-8-18(16-12)13-4-2-1-3-5-13/h6-9,11,13H,1-5,10H2. The molecule has 1 fully saturated rings. The number of nitrogens with zero attached hydrogens (tertiary/aromatic N) is 4. The summed E-state index contributed by atoms with van der Waals surface area (Å²) in [5.74, 6) is 0.451. The highest BCUT2D eigenvalue weighted by molar-refractivity contribution is 5.69. The van der Waals surface area contributed by atoms with Gasteiger partial charge in [0.25, 0.3) is 0 Å². The monoisotopic (exact) mass is 258 g/mol. The molecule has 1 aliphatic rings. The molecule has 1 saturated carbocycles. The number of carbonyl (C=O) groups excluding carboxylic acids is 1. The largest absolute Gasteiger partial charge is 0.323 e. The fourth-order valence-electron chi connectivity index (χ4n) is 2.76. The lowest BCUT2D eigenvalue weighted by molar-refractivity contribution is 0.111. The number of hydrogen-bond donors (Lipinski definition) is 0. The Hall–Kier alpha value is -1.91. The van der Waals surface area contributed by atoms with Gasteiger partial charge in [-0.3, -0.25) is 9.48 Å². The van der Waals surface area contributed by atoms with Crippen molar-refractivity contribution in [3.05, 3.63) is 36.2 Å². The molecule has 0 amide bonds. The Morgan fingerprint density at radius 3 is 2.89 bits per heavy atom. The summed E-state index contributed by atoms with van der Waals surface area (Å²) in [6.45, 7) is 0.605. The van der Waals surface area contributed by atoms with Crippen LogP contribution in [0.4, 0.5) is 0 Å². The van der Waals surface area contributed by atoms with Crippen LogP contribution in [-0.4, -0.2) is 25.6 Å². The summed E-state index contributed by atoms with van der Waals surface area (Å²) in [6, 6.07) is 2.58. The first-order valence-corrected chi connectivity index (χ1v) is 6.87. The number of imidazole rings is 1. The van der Waals surface area contributed by atoms with E-state index in [-0.39, 0.29) is 0 Å². The quantitative estimate of drug-likeness (QED) is 0.791. The average molecular weight is 258 g/mol. The lowest BCUT2D eigenvalue weighted by Gasteiger charge is -2.21. The van der Waals surface area contributed by atoms with Gasteiger partial charge in [-0.05, 0) is 18.9 Å². The molecule has 2 aromatic rings. The van der Waals surface area contributed by atoms with Gasteiger partial charge in [0.2, 0.25) is 0 Å². The van der Waals surface area contributed by atoms with E-state index < -0.39 is 0 Å². The predicted octanol–water partition coefficient (Wildman–Crippen LogP) is 2.45. The van der Waals surface area contributed by atoms with Gasteiger partial charge in [-0.2, -0.15) is 5.10 Å². The second-order valence-corrected chi connectivity index (χ2v) is 5.11. The fourth-order valence-corrected chi connectivity index (χ4v) is 2.76. The van der Waals surface area contributed by atoms with Gasteiger partial charge in [0.05, 0.1) is 18.3 Å². The summed E-state index contributed by atoms with van der Waals surface area (Å²) in [5.41, 5.74) is 0.978. The number of aromatic nitrogens is 4. The Kier molecular flexibility index (Phi) is 3.44. The first kappa shape index (κ1) is 12.1. The van der Waals surface area contributed by atoms with Gasteiger partial charge in [0.15, 0.2) is 12.1 Å². The zero-order chi connectivity index (χ0) is 13.1. The van der Waals surface area contributed by atoms with E-state index in [0.717, 1.165) is 12.0 Å². The third-order valence-electron chi connectivity index (χ3n) is 3.80. The molecule has 0 aromatic carbocycles. The summed E-state index contributed by atoms with van der Waals surface area (Å²) in [6.07, 6.45) is 12.7. The van der Waals surface area contributed by atoms with E-state index in [1.54, 1.807) is 6.20 Å². The molecule has 0 unspecified atom stereocenters. The molecule has 5 heteroatoms. The first-order valence-electron chi connectivity index (χ1n) is 6.87. The molecule has 3 rings (SSSR count). The highest BCUT2D eigenvalue weighted by atomic mass is 16.1. The molecule has 2 aromatic heterocycles. The van der Waals surface area contributed by atoms with Crippen molar-refractivity contribution in [3.8, 4) is 0 Å². The molecular weight excluding hydrogens is 240 g/mol. The molecule has 1 aliphatic carbocycles. The smallest absolute Gasteiger partial charge is 0.185 e. The summed E-state index contributed by atoms with van der Waals surface area (Å²) in [4.78, 5) is 14.8. The van der Waals surface area contributed by atoms with Gasteiger partial charge in [-0.15, -0.1) is 0 Å². The van der Waals surface area contributed by atoms with E-state index >= 15 is 0 Å². The van der Waals surface area contributed by atoms with Crippen LogP contribution >= 0.6 is 0 Å². The number of carbonyl (C=O) groups is 1. The van der Waals surface area contributed by atoms with Gasteiger partial charge >= 0.3 is 0 Å². The van der Waals surface area contributed by atoms with E-state index in [0.29, 0.717) is 18.4 Å². The molecule has 0 atom stereocenters. The van der Waals surface area contributed by atoms with Crippen LogP contribution in [-0.2, 0) is 6.54 Å². The highest BCUT2D eigenvalue weighted by Crippen LogP contribution is 2.27. The zero-order valence-electron chi connectivity index (χ0n) is 10.9. The molecule has 0 N–H and O–H groups in total. The van der Waals surface area contributed by atoms with Crippen molar-refractivity contribution in [1.82, 2.24) is 19.3 Å². The normalized spacial score (nSPS) is 16.6. The molecule has 0 radical (unpaired) electrons. The van der Waals surface area contributed by atoms with Gasteiger partial charge in [-0.1, -0.05) is 19.3 Å². The minimum absolute atomic E-state index is 0.451. The van der Waals surface area contributed by atoms with Crippen LogP contribution in [0.3, 0.4) is 0 Å². The zero-order valence-corrected chi connectivity index (χ0v) is 10.9. The molecule has 0 aliphatic heterocycles. The van der Waals surface area contributed by atoms with Gasteiger partial charge < -0.3 is 4.57 Å². The first-order chi connectivity index (χ1) is 9.36. The van der Waals surface area contributed by atoms with Crippen LogP contribution in [0.1, 0.15) is 54.5 Å². The van der Waals surface area contributed by atoms with Crippen molar-refractivity contribution in [2.24, 2.45) is 0 Å². The Morgan fingerprint density at radius 1 is 1.26 bits per heavy atom. The van der Waals surface area contributed by atoms with Crippen LogP contribution in [0, 0.1) is 0 Å². The van der Waals surface area contributed by atoms with Gasteiger partial charge in [0, 0.05) is 18.6 Å².